The third kappa shape index (κ3) is 3.89. The van der Waals surface area contributed by atoms with E-state index in [9.17, 15) is 14.7 Å². The lowest BCUT2D eigenvalue weighted by atomic mass is 9.93. The van der Waals surface area contributed by atoms with E-state index in [4.69, 9.17) is 9.47 Å². The second kappa shape index (κ2) is 9.13. The molecule has 1 atom stereocenters. The number of carbonyl (C=O) groups excluding carboxylic acids is 2. The normalized spacial score (nSPS) is 17.1. The number of rotatable bonds is 5. The Hall–Kier alpha value is -4.17. The number of methoxy groups -OCH3 is 2. The summed E-state index contributed by atoms with van der Waals surface area (Å²) in [6.45, 7) is 3.76. The van der Waals surface area contributed by atoms with E-state index >= 15 is 0 Å². The van der Waals surface area contributed by atoms with Crippen LogP contribution < -0.4 is 14.4 Å². The molecule has 0 aliphatic carbocycles. The maximum atomic E-state index is 13.5. The van der Waals surface area contributed by atoms with Gasteiger partial charge in [0.25, 0.3) is 5.78 Å². The number of ether oxygens (including phenoxy) is 2. The van der Waals surface area contributed by atoms with E-state index in [0.717, 1.165) is 15.8 Å². The molecule has 3 aromatic carbocycles. The van der Waals surface area contributed by atoms with Crippen LogP contribution in [0.3, 0.4) is 0 Å². The van der Waals surface area contributed by atoms with Gasteiger partial charge in [0, 0.05) is 5.56 Å². The van der Waals surface area contributed by atoms with Gasteiger partial charge in [0.05, 0.1) is 36.1 Å². The average Bonchev–Trinajstić information content (AvgIpc) is 3.42. The molecular formula is C28H24N2O5S. The first-order valence-corrected chi connectivity index (χ1v) is 12.1. The van der Waals surface area contributed by atoms with E-state index in [1.54, 1.807) is 50.6 Å². The molecule has 1 aliphatic heterocycles. The van der Waals surface area contributed by atoms with Gasteiger partial charge >= 0.3 is 5.91 Å². The van der Waals surface area contributed by atoms with Gasteiger partial charge in [-0.1, -0.05) is 41.2 Å². The Balaban J connectivity index is 1.75. The molecule has 7 nitrogen and oxygen atoms in total. The van der Waals surface area contributed by atoms with Crippen molar-refractivity contribution in [3.63, 3.8) is 0 Å². The van der Waals surface area contributed by atoms with Gasteiger partial charge in [-0.3, -0.25) is 14.5 Å². The largest absolute Gasteiger partial charge is 0.507 e. The number of benzene rings is 3. The summed E-state index contributed by atoms with van der Waals surface area (Å²) in [4.78, 5) is 33.0. The highest BCUT2D eigenvalue weighted by Gasteiger charge is 2.48. The molecule has 1 amide bonds. The lowest BCUT2D eigenvalue weighted by molar-refractivity contribution is -0.132. The zero-order valence-corrected chi connectivity index (χ0v) is 21.1. The number of thiazole rings is 1. The van der Waals surface area contributed by atoms with Gasteiger partial charge in [0.1, 0.15) is 17.3 Å². The monoisotopic (exact) mass is 500 g/mol. The van der Waals surface area contributed by atoms with Crippen molar-refractivity contribution >= 4 is 44.1 Å². The quantitative estimate of drug-likeness (QED) is 0.219. The van der Waals surface area contributed by atoms with Crippen molar-refractivity contribution in [2.75, 3.05) is 19.1 Å². The number of amides is 1. The minimum Gasteiger partial charge on any atom is -0.507 e. The van der Waals surface area contributed by atoms with Gasteiger partial charge < -0.3 is 14.6 Å². The van der Waals surface area contributed by atoms with Gasteiger partial charge in [-0.2, -0.15) is 0 Å². The first-order valence-electron chi connectivity index (χ1n) is 11.3. The Labute approximate surface area is 212 Å². The van der Waals surface area contributed by atoms with Crippen LogP contribution in [0.4, 0.5) is 5.13 Å². The fourth-order valence-electron chi connectivity index (χ4n) is 4.42. The number of nitrogens with zero attached hydrogens (tertiary/aromatic N) is 2. The molecule has 1 unspecified atom stereocenters. The highest BCUT2D eigenvalue weighted by molar-refractivity contribution is 7.22. The maximum absolute atomic E-state index is 13.5. The first kappa shape index (κ1) is 23.6. The van der Waals surface area contributed by atoms with Crippen molar-refractivity contribution in [1.82, 2.24) is 4.98 Å². The predicted octanol–water partition coefficient (Wildman–Crippen LogP) is 5.56. The fraction of sp³-hybridized carbons (Fsp3) is 0.179. The standard InChI is InChI=1S/C28H24N2O5S/c1-15-8-9-16(2)20(12-15)25(31)23-24(17-6-5-7-18(13-17)34-3)30(27(33)26(23)32)28-29-21-11-10-19(35-4)14-22(21)36-28/h5-14,24,31H,1-4H3. The third-order valence-electron chi connectivity index (χ3n) is 6.29. The molecule has 4 aromatic rings. The Morgan fingerprint density at radius 1 is 0.972 bits per heavy atom. The van der Waals surface area contributed by atoms with E-state index in [-0.39, 0.29) is 11.3 Å². The number of aryl methyl sites for hydroxylation is 2. The van der Waals surface area contributed by atoms with E-state index in [0.29, 0.717) is 33.3 Å². The third-order valence-corrected chi connectivity index (χ3v) is 7.31. The molecule has 2 heterocycles. The van der Waals surface area contributed by atoms with Crippen LogP contribution >= 0.6 is 11.3 Å². The number of hydrogen-bond acceptors (Lipinski definition) is 7. The maximum Gasteiger partial charge on any atom is 0.301 e. The lowest BCUT2D eigenvalue weighted by Gasteiger charge is -2.23. The minimum atomic E-state index is -0.887. The number of anilines is 1. The molecule has 182 valence electrons. The molecule has 1 aliphatic rings. The molecule has 5 rings (SSSR count). The first-order chi connectivity index (χ1) is 17.3. The van der Waals surface area contributed by atoms with Gasteiger partial charge in [0.15, 0.2) is 5.13 Å². The summed E-state index contributed by atoms with van der Waals surface area (Å²) < 4.78 is 11.5. The van der Waals surface area contributed by atoms with Crippen LogP contribution in [0.15, 0.2) is 66.2 Å². The van der Waals surface area contributed by atoms with Crippen molar-refractivity contribution in [2.45, 2.75) is 19.9 Å². The van der Waals surface area contributed by atoms with Crippen molar-refractivity contribution < 1.29 is 24.2 Å². The molecule has 1 fully saturated rings. The summed E-state index contributed by atoms with van der Waals surface area (Å²) >= 11 is 1.28. The van der Waals surface area contributed by atoms with Crippen LogP contribution in [0.5, 0.6) is 11.5 Å². The van der Waals surface area contributed by atoms with Crippen LogP contribution in [0, 0.1) is 13.8 Å². The number of aliphatic hydroxyl groups is 1. The van der Waals surface area contributed by atoms with Crippen molar-refractivity contribution in [2.24, 2.45) is 0 Å². The molecule has 0 bridgehead atoms. The highest BCUT2D eigenvalue weighted by Crippen LogP contribution is 2.45. The Bertz CT molecular complexity index is 1550. The van der Waals surface area contributed by atoms with Crippen molar-refractivity contribution in [1.29, 1.82) is 0 Å². The minimum absolute atomic E-state index is 0.0128. The van der Waals surface area contributed by atoms with Crippen LogP contribution in [0.1, 0.15) is 28.3 Å². The summed E-state index contributed by atoms with van der Waals surface area (Å²) in [7, 11) is 3.13. The van der Waals surface area contributed by atoms with E-state index in [1.165, 1.54) is 16.2 Å². The zero-order chi connectivity index (χ0) is 25.6. The number of ketones is 1. The predicted molar refractivity (Wildman–Crippen MR) is 140 cm³/mol. The van der Waals surface area contributed by atoms with Gasteiger partial charge in [-0.25, -0.2) is 4.98 Å². The molecule has 1 N–H and O–H groups in total. The Kier molecular flexibility index (Phi) is 5.97. The van der Waals surface area contributed by atoms with Crippen LogP contribution in [0.2, 0.25) is 0 Å². The Morgan fingerprint density at radius 2 is 1.72 bits per heavy atom. The number of Topliss-reactive ketones (excluding diaryl/α,β-unsaturated/α-hetero) is 1. The Morgan fingerprint density at radius 3 is 2.47 bits per heavy atom. The van der Waals surface area contributed by atoms with Gasteiger partial charge in [-0.15, -0.1) is 0 Å². The summed E-state index contributed by atoms with van der Waals surface area (Å²) in [6, 6.07) is 17.3. The van der Waals surface area contributed by atoms with Crippen molar-refractivity contribution in [3.05, 3.63) is 88.5 Å². The van der Waals surface area contributed by atoms with Crippen LogP contribution in [-0.4, -0.2) is 36.0 Å². The topological polar surface area (TPSA) is 89.0 Å². The summed E-state index contributed by atoms with van der Waals surface area (Å²) in [5, 5.41) is 11.8. The van der Waals surface area contributed by atoms with E-state index < -0.39 is 17.7 Å². The summed E-state index contributed by atoms with van der Waals surface area (Å²) in [5.41, 5.74) is 3.54. The van der Waals surface area contributed by atoms with Gasteiger partial charge in [0.2, 0.25) is 0 Å². The summed E-state index contributed by atoms with van der Waals surface area (Å²) in [6.07, 6.45) is 0. The number of hydrogen-bond donors (Lipinski definition) is 1. The molecule has 0 radical (unpaired) electrons. The fourth-order valence-corrected chi connectivity index (χ4v) is 5.44. The number of fused-ring (bicyclic) bond motifs is 1. The molecule has 36 heavy (non-hydrogen) atoms. The van der Waals surface area contributed by atoms with E-state index in [2.05, 4.69) is 4.98 Å². The molecule has 8 heteroatoms. The van der Waals surface area contributed by atoms with Gasteiger partial charge in [-0.05, 0) is 61.4 Å². The van der Waals surface area contributed by atoms with Crippen LogP contribution in [-0.2, 0) is 9.59 Å². The smallest absolute Gasteiger partial charge is 0.301 e. The van der Waals surface area contributed by atoms with E-state index in [1.807, 2.05) is 38.1 Å². The highest BCUT2D eigenvalue weighted by atomic mass is 32.1. The zero-order valence-electron chi connectivity index (χ0n) is 20.2. The molecule has 0 spiro atoms. The number of carbonyl (C=O) groups is 2. The molecule has 0 saturated carbocycles. The van der Waals surface area contributed by atoms with Crippen LogP contribution in [0.25, 0.3) is 16.0 Å². The molecule has 1 saturated heterocycles. The summed E-state index contributed by atoms with van der Waals surface area (Å²) in [5.74, 6) is -0.496. The molecular weight excluding hydrogens is 476 g/mol. The average molecular weight is 501 g/mol. The number of aromatic nitrogens is 1. The SMILES string of the molecule is COc1cccc(C2C(=C(O)c3cc(C)ccc3C)C(=O)C(=O)N2c2nc3ccc(OC)cc3s2)c1. The van der Waals surface area contributed by atoms with Crippen molar-refractivity contribution in [3.8, 4) is 11.5 Å². The lowest BCUT2D eigenvalue weighted by Crippen LogP contribution is -2.29. The molecule has 1 aromatic heterocycles. The number of aliphatic hydroxyl groups excluding tert-OH is 1. The second-order valence-corrected chi connectivity index (χ2v) is 9.60. The second-order valence-electron chi connectivity index (χ2n) is 8.59.